The fourth-order valence-electron chi connectivity index (χ4n) is 3.50. The van der Waals surface area contributed by atoms with Gasteiger partial charge in [0, 0.05) is 31.1 Å². The van der Waals surface area contributed by atoms with E-state index in [0.29, 0.717) is 11.6 Å². The predicted octanol–water partition coefficient (Wildman–Crippen LogP) is 2.79. The van der Waals surface area contributed by atoms with Crippen LogP contribution in [0.4, 0.5) is 0 Å². The molecule has 1 N–H and O–H groups in total. The van der Waals surface area contributed by atoms with Gasteiger partial charge < -0.3 is 5.32 Å². The molecule has 0 aromatic heterocycles. The van der Waals surface area contributed by atoms with Gasteiger partial charge in [-0.2, -0.15) is 0 Å². The molecule has 2 fully saturated rings. The van der Waals surface area contributed by atoms with E-state index in [2.05, 4.69) is 23.1 Å². The second-order valence-corrected chi connectivity index (χ2v) is 6.20. The van der Waals surface area contributed by atoms with Gasteiger partial charge in [0.15, 0.2) is 0 Å². The van der Waals surface area contributed by atoms with Gasteiger partial charge in [0.2, 0.25) is 0 Å². The summed E-state index contributed by atoms with van der Waals surface area (Å²) >= 11 is 0. The van der Waals surface area contributed by atoms with Crippen LogP contribution in [-0.4, -0.2) is 36.1 Å². The highest BCUT2D eigenvalue weighted by Crippen LogP contribution is 2.31. The molecular weight excluding hydrogens is 220 g/mol. The molecule has 18 heavy (non-hydrogen) atoms. The molecule has 0 aromatic carbocycles. The fraction of sp³-hybridized carbons (Fsp3) is 0.875. The highest BCUT2D eigenvalue weighted by atomic mass is 15.2. The first-order valence-electron chi connectivity index (χ1n) is 7.68. The summed E-state index contributed by atoms with van der Waals surface area (Å²) in [6.07, 6.45) is 15.7. The molecule has 1 atom stereocenters. The number of unbranched alkanes of at least 4 members (excludes halogenated alkanes) is 2. The van der Waals surface area contributed by atoms with E-state index in [-0.39, 0.29) is 0 Å². The molecule has 1 spiro atoms. The van der Waals surface area contributed by atoms with Gasteiger partial charge in [-0.3, -0.25) is 4.90 Å². The van der Waals surface area contributed by atoms with Crippen LogP contribution in [0.25, 0.3) is 0 Å². The minimum absolute atomic E-state index is 0.441. The lowest BCUT2D eigenvalue weighted by Crippen LogP contribution is -2.64. The van der Waals surface area contributed by atoms with Crippen LogP contribution in [0.2, 0.25) is 0 Å². The van der Waals surface area contributed by atoms with Gasteiger partial charge >= 0.3 is 0 Å². The minimum Gasteiger partial charge on any atom is -0.308 e. The predicted molar refractivity (Wildman–Crippen MR) is 77.5 cm³/mol. The molecule has 1 saturated heterocycles. The lowest BCUT2D eigenvalue weighted by Gasteiger charge is -2.49. The Labute approximate surface area is 113 Å². The Bertz CT molecular complexity index is 286. The SMILES string of the molecule is C#CCCCCN1CC2(CCCCC2)NCC1C. The first kappa shape index (κ1) is 13.9. The van der Waals surface area contributed by atoms with E-state index >= 15 is 0 Å². The van der Waals surface area contributed by atoms with Crippen LogP contribution in [0.5, 0.6) is 0 Å². The van der Waals surface area contributed by atoms with Crippen molar-refractivity contribution in [2.45, 2.75) is 69.9 Å². The van der Waals surface area contributed by atoms with Crippen LogP contribution >= 0.6 is 0 Å². The number of rotatable bonds is 4. The molecule has 1 unspecified atom stereocenters. The third-order valence-corrected chi connectivity index (χ3v) is 4.73. The lowest BCUT2D eigenvalue weighted by atomic mass is 9.79. The second-order valence-electron chi connectivity index (χ2n) is 6.20. The molecule has 1 aliphatic carbocycles. The van der Waals surface area contributed by atoms with Crippen molar-refractivity contribution in [2.75, 3.05) is 19.6 Å². The fourth-order valence-corrected chi connectivity index (χ4v) is 3.50. The Morgan fingerprint density at radius 3 is 2.78 bits per heavy atom. The van der Waals surface area contributed by atoms with Gasteiger partial charge in [0.25, 0.3) is 0 Å². The largest absolute Gasteiger partial charge is 0.308 e. The van der Waals surface area contributed by atoms with Gasteiger partial charge in [-0.15, -0.1) is 12.3 Å². The topological polar surface area (TPSA) is 15.3 Å². The number of hydrogen-bond donors (Lipinski definition) is 1. The molecule has 0 amide bonds. The summed E-state index contributed by atoms with van der Waals surface area (Å²) in [4.78, 5) is 2.69. The smallest absolute Gasteiger partial charge is 0.0309 e. The zero-order chi connectivity index (χ0) is 12.8. The normalized spacial score (nSPS) is 28.1. The van der Waals surface area contributed by atoms with Crippen molar-refractivity contribution in [1.82, 2.24) is 10.2 Å². The highest BCUT2D eigenvalue weighted by molar-refractivity contribution is 4.98. The Kier molecular flexibility index (Phi) is 5.09. The number of terminal acetylenes is 1. The monoisotopic (exact) mass is 248 g/mol. The summed E-state index contributed by atoms with van der Waals surface area (Å²) in [5, 5.41) is 3.84. The molecule has 102 valence electrons. The van der Waals surface area contributed by atoms with E-state index in [9.17, 15) is 0 Å². The van der Waals surface area contributed by atoms with Crippen LogP contribution in [-0.2, 0) is 0 Å². The highest BCUT2D eigenvalue weighted by Gasteiger charge is 2.38. The van der Waals surface area contributed by atoms with E-state index in [1.807, 2.05) is 0 Å². The number of nitrogens with zero attached hydrogens (tertiary/aromatic N) is 1. The number of nitrogens with one attached hydrogen (secondary N) is 1. The van der Waals surface area contributed by atoms with E-state index in [1.165, 1.54) is 58.0 Å². The average Bonchev–Trinajstić information content (AvgIpc) is 2.40. The van der Waals surface area contributed by atoms with Crippen molar-refractivity contribution in [1.29, 1.82) is 0 Å². The molecule has 0 radical (unpaired) electrons. The van der Waals surface area contributed by atoms with Gasteiger partial charge in [-0.1, -0.05) is 19.3 Å². The molecule has 1 saturated carbocycles. The summed E-state index contributed by atoms with van der Waals surface area (Å²) in [6.45, 7) is 6.00. The van der Waals surface area contributed by atoms with Crippen LogP contribution in [0.1, 0.15) is 58.3 Å². The van der Waals surface area contributed by atoms with Crippen molar-refractivity contribution < 1.29 is 0 Å². The quantitative estimate of drug-likeness (QED) is 0.608. The van der Waals surface area contributed by atoms with Gasteiger partial charge in [0.1, 0.15) is 0 Å². The lowest BCUT2D eigenvalue weighted by molar-refractivity contribution is 0.0618. The maximum absolute atomic E-state index is 5.31. The molecule has 0 aromatic rings. The van der Waals surface area contributed by atoms with Crippen LogP contribution in [0, 0.1) is 12.3 Å². The van der Waals surface area contributed by atoms with Crippen LogP contribution in [0.15, 0.2) is 0 Å². The summed E-state index contributed by atoms with van der Waals surface area (Å²) in [5.41, 5.74) is 0.441. The van der Waals surface area contributed by atoms with E-state index in [4.69, 9.17) is 6.42 Å². The first-order valence-corrected chi connectivity index (χ1v) is 7.68. The average molecular weight is 248 g/mol. The molecule has 1 aliphatic heterocycles. The van der Waals surface area contributed by atoms with Crippen LogP contribution < -0.4 is 5.32 Å². The van der Waals surface area contributed by atoms with E-state index < -0.39 is 0 Å². The van der Waals surface area contributed by atoms with Gasteiger partial charge in [-0.25, -0.2) is 0 Å². The van der Waals surface area contributed by atoms with Gasteiger partial charge in [-0.05, 0) is 39.2 Å². The van der Waals surface area contributed by atoms with Gasteiger partial charge in [0.05, 0.1) is 0 Å². The molecule has 2 heteroatoms. The van der Waals surface area contributed by atoms with E-state index in [1.54, 1.807) is 0 Å². The Morgan fingerprint density at radius 2 is 2.06 bits per heavy atom. The standard InChI is InChI=1S/C16H28N2/c1-3-4-5-9-12-18-14-16(17-13-15(18)2)10-7-6-8-11-16/h1,15,17H,4-14H2,2H3. The van der Waals surface area contributed by atoms with E-state index in [0.717, 1.165) is 13.0 Å². The third kappa shape index (κ3) is 3.49. The molecule has 2 rings (SSSR count). The maximum atomic E-state index is 5.31. The Balaban J connectivity index is 1.82. The summed E-state index contributed by atoms with van der Waals surface area (Å²) in [7, 11) is 0. The molecular formula is C16H28N2. The Hall–Kier alpha value is -0.520. The minimum atomic E-state index is 0.441. The zero-order valence-electron chi connectivity index (χ0n) is 11.9. The number of hydrogen-bond acceptors (Lipinski definition) is 2. The van der Waals surface area contributed by atoms with Crippen molar-refractivity contribution in [3.05, 3.63) is 0 Å². The molecule has 1 heterocycles. The van der Waals surface area contributed by atoms with Crippen LogP contribution in [0.3, 0.4) is 0 Å². The summed E-state index contributed by atoms with van der Waals surface area (Å²) < 4.78 is 0. The molecule has 2 nitrogen and oxygen atoms in total. The molecule has 2 aliphatic rings. The van der Waals surface area contributed by atoms with Crippen molar-refractivity contribution >= 4 is 0 Å². The Morgan fingerprint density at radius 1 is 1.28 bits per heavy atom. The second kappa shape index (κ2) is 6.59. The zero-order valence-corrected chi connectivity index (χ0v) is 11.9. The van der Waals surface area contributed by atoms with Crippen molar-refractivity contribution in [3.63, 3.8) is 0 Å². The third-order valence-electron chi connectivity index (χ3n) is 4.73. The number of piperazine rings is 1. The first-order chi connectivity index (χ1) is 8.76. The van der Waals surface area contributed by atoms with Crippen molar-refractivity contribution in [2.24, 2.45) is 0 Å². The summed E-state index contributed by atoms with van der Waals surface area (Å²) in [6, 6.07) is 0.684. The maximum Gasteiger partial charge on any atom is 0.0309 e. The van der Waals surface area contributed by atoms with Crippen molar-refractivity contribution in [3.8, 4) is 12.3 Å². The molecule has 0 bridgehead atoms. The summed E-state index contributed by atoms with van der Waals surface area (Å²) in [5.74, 6) is 2.74.